The van der Waals surface area contributed by atoms with Crippen LogP contribution < -0.4 is 0 Å². The average molecular weight is 397 g/mol. The van der Waals surface area contributed by atoms with Gasteiger partial charge in [0.1, 0.15) is 5.69 Å². The molecule has 3 aromatic rings. The van der Waals surface area contributed by atoms with Crippen LogP contribution in [0, 0.1) is 0 Å². The van der Waals surface area contributed by atoms with E-state index < -0.39 is 17.8 Å². The highest BCUT2D eigenvalue weighted by Crippen LogP contribution is 2.24. The Balaban J connectivity index is 1.45. The molecule has 0 saturated heterocycles. The van der Waals surface area contributed by atoms with E-state index in [2.05, 4.69) is 5.16 Å². The number of halogens is 1. The molecule has 0 saturated carbocycles. The molecule has 0 spiro atoms. The number of ether oxygens (including phenoxy) is 1. The smallest absolute Gasteiger partial charge is 0.338 e. The molecule has 1 aliphatic rings. The molecule has 1 aliphatic heterocycles. The number of imide groups is 1. The number of hydrogen-bond donors (Lipinski definition) is 0. The molecule has 8 heteroatoms. The molecular weight excluding hydrogens is 384 g/mol. The van der Waals surface area contributed by atoms with Crippen molar-refractivity contribution in [3.05, 3.63) is 76.0 Å². The Bertz CT molecular complexity index is 1100. The number of rotatable bonds is 4. The van der Waals surface area contributed by atoms with Crippen LogP contribution in [0.15, 0.2) is 53.1 Å². The summed E-state index contributed by atoms with van der Waals surface area (Å²) in [7, 11) is 1.39. The first kappa shape index (κ1) is 17.9. The van der Waals surface area contributed by atoms with Crippen molar-refractivity contribution in [3.63, 3.8) is 0 Å². The molecule has 0 fully saturated rings. The summed E-state index contributed by atoms with van der Waals surface area (Å²) in [6, 6.07) is 13.0. The number of carbonyl (C=O) groups excluding carboxylic acids is 3. The molecule has 4 rings (SSSR count). The molecule has 28 heavy (non-hydrogen) atoms. The van der Waals surface area contributed by atoms with Crippen LogP contribution in [0.4, 0.5) is 0 Å². The molecule has 2 aromatic carbocycles. The van der Waals surface area contributed by atoms with Crippen molar-refractivity contribution >= 4 is 29.4 Å². The summed E-state index contributed by atoms with van der Waals surface area (Å²) >= 11 is 5.86. The van der Waals surface area contributed by atoms with Crippen molar-refractivity contribution in [1.82, 2.24) is 10.1 Å². The fourth-order valence-corrected chi connectivity index (χ4v) is 2.97. The van der Waals surface area contributed by atoms with Gasteiger partial charge in [0.25, 0.3) is 11.8 Å². The summed E-state index contributed by atoms with van der Waals surface area (Å²) < 4.78 is 10.4. The number of carbonyl (C=O) groups is 3. The summed E-state index contributed by atoms with van der Waals surface area (Å²) in [5, 5.41) is 4.56. The quantitative estimate of drug-likeness (QED) is 0.494. The second-order valence-corrected chi connectivity index (χ2v) is 6.63. The fraction of sp³-hybridized carbons (Fsp3) is 0.100. The lowest BCUT2D eigenvalue weighted by Crippen LogP contribution is -2.24. The van der Waals surface area contributed by atoms with Gasteiger partial charge in [-0.1, -0.05) is 28.9 Å². The number of fused-ring (bicyclic) bond motifs is 1. The topological polar surface area (TPSA) is 89.7 Å². The van der Waals surface area contributed by atoms with E-state index in [-0.39, 0.29) is 23.3 Å². The number of aromatic nitrogens is 1. The van der Waals surface area contributed by atoms with Crippen molar-refractivity contribution in [2.24, 2.45) is 0 Å². The number of esters is 1. The molecule has 140 valence electrons. The van der Waals surface area contributed by atoms with Gasteiger partial charge >= 0.3 is 5.97 Å². The number of amides is 2. The van der Waals surface area contributed by atoms with Crippen LogP contribution >= 0.6 is 11.6 Å². The fourth-order valence-electron chi connectivity index (χ4n) is 2.85. The van der Waals surface area contributed by atoms with Crippen LogP contribution in [-0.4, -0.2) is 34.9 Å². The molecule has 0 atom stereocenters. The highest BCUT2D eigenvalue weighted by Gasteiger charge is 2.33. The minimum absolute atomic E-state index is 0.122. The van der Waals surface area contributed by atoms with Crippen molar-refractivity contribution in [3.8, 4) is 11.3 Å². The summed E-state index contributed by atoms with van der Waals surface area (Å²) in [6.07, 6.45) is 0. The first-order chi connectivity index (χ1) is 13.4. The van der Waals surface area contributed by atoms with Crippen LogP contribution in [-0.2, 0) is 11.3 Å². The van der Waals surface area contributed by atoms with Gasteiger partial charge in [-0.05, 0) is 30.3 Å². The van der Waals surface area contributed by atoms with E-state index in [9.17, 15) is 14.4 Å². The van der Waals surface area contributed by atoms with E-state index in [1.54, 1.807) is 30.3 Å². The molecule has 0 unspecified atom stereocenters. The normalized spacial score (nSPS) is 13.0. The minimum atomic E-state index is -0.637. The van der Waals surface area contributed by atoms with Crippen LogP contribution in [0.3, 0.4) is 0 Å². The van der Waals surface area contributed by atoms with Crippen LogP contribution in [0.5, 0.6) is 0 Å². The highest BCUT2D eigenvalue weighted by molar-refractivity contribution is 6.30. The van der Waals surface area contributed by atoms with E-state index >= 15 is 0 Å². The molecule has 0 radical (unpaired) electrons. The maximum absolute atomic E-state index is 12.3. The zero-order valence-corrected chi connectivity index (χ0v) is 15.4. The van der Waals surface area contributed by atoms with Crippen molar-refractivity contribution < 1.29 is 23.6 Å². The van der Waals surface area contributed by atoms with Gasteiger partial charge in [-0.2, -0.15) is 0 Å². The predicted octanol–water partition coefficient (Wildman–Crippen LogP) is 3.58. The lowest BCUT2D eigenvalue weighted by molar-refractivity contribution is 0.0437. The zero-order chi connectivity index (χ0) is 19.8. The number of nitrogens with zero attached hydrogens (tertiary/aromatic N) is 2. The van der Waals surface area contributed by atoms with Crippen LogP contribution in [0.2, 0.25) is 5.02 Å². The predicted molar refractivity (Wildman–Crippen MR) is 98.9 cm³/mol. The average Bonchev–Trinajstić information content (AvgIpc) is 3.26. The summed E-state index contributed by atoms with van der Waals surface area (Å²) in [5.74, 6) is -1.11. The van der Waals surface area contributed by atoms with Gasteiger partial charge < -0.3 is 9.26 Å². The third-order valence-electron chi connectivity index (χ3n) is 4.37. The first-order valence-electron chi connectivity index (χ1n) is 8.29. The Kier molecular flexibility index (Phi) is 4.44. The molecule has 7 nitrogen and oxygen atoms in total. The lowest BCUT2D eigenvalue weighted by atomic mass is 10.1. The molecular formula is C20H13ClN2O5. The van der Waals surface area contributed by atoms with E-state index in [0.717, 1.165) is 10.5 Å². The van der Waals surface area contributed by atoms with Gasteiger partial charge in [-0.3, -0.25) is 14.5 Å². The van der Waals surface area contributed by atoms with Gasteiger partial charge in [-0.25, -0.2) is 4.79 Å². The maximum Gasteiger partial charge on any atom is 0.338 e. The zero-order valence-electron chi connectivity index (χ0n) is 14.6. The van der Waals surface area contributed by atoms with Crippen molar-refractivity contribution in [2.75, 3.05) is 7.05 Å². The molecule has 0 N–H and O–H groups in total. The SMILES string of the molecule is CN1C(=O)c2ccc(C(=O)OCc3cc(-c4ccc(Cl)cc4)no3)cc2C1=O. The van der Waals surface area contributed by atoms with Gasteiger partial charge in [0.05, 0.1) is 16.7 Å². The minimum Gasteiger partial charge on any atom is -0.454 e. The molecule has 0 aliphatic carbocycles. The number of hydrogen-bond acceptors (Lipinski definition) is 6. The van der Waals surface area contributed by atoms with Crippen LogP contribution in [0.1, 0.15) is 36.8 Å². The third kappa shape index (κ3) is 3.16. The van der Waals surface area contributed by atoms with Crippen LogP contribution in [0.25, 0.3) is 11.3 Å². The van der Waals surface area contributed by atoms with Crippen molar-refractivity contribution in [1.29, 1.82) is 0 Å². The number of benzene rings is 2. The molecule has 1 aromatic heterocycles. The van der Waals surface area contributed by atoms with Gasteiger partial charge in [0.15, 0.2) is 12.4 Å². The Morgan fingerprint density at radius 2 is 1.79 bits per heavy atom. The van der Waals surface area contributed by atoms with E-state index in [0.29, 0.717) is 16.5 Å². The first-order valence-corrected chi connectivity index (χ1v) is 8.67. The lowest BCUT2D eigenvalue weighted by Gasteiger charge is -2.03. The Labute approximate surface area is 164 Å². The Hall–Kier alpha value is -3.45. The summed E-state index contributed by atoms with van der Waals surface area (Å²) in [6.45, 7) is -0.122. The largest absolute Gasteiger partial charge is 0.454 e. The Morgan fingerprint density at radius 1 is 1.07 bits per heavy atom. The molecule has 2 amide bonds. The second-order valence-electron chi connectivity index (χ2n) is 6.19. The van der Waals surface area contributed by atoms with Crippen molar-refractivity contribution in [2.45, 2.75) is 6.61 Å². The van der Waals surface area contributed by atoms with Gasteiger partial charge in [0, 0.05) is 23.7 Å². The standard InChI is InChI=1S/C20H13ClN2O5/c1-23-18(24)15-7-4-12(8-16(15)19(23)25)20(26)27-10-14-9-17(22-28-14)11-2-5-13(21)6-3-11/h2-9H,10H2,1H3. The van der Waals surface area contributed by atoms with Gasteiger partial charge in [0.2, 0.25) is 0 Å². The molecule has 2 heterocycles. The molecule has 0 bridgehead atoms. The van der Waals surface area contributed by atoms with Gasteiger partial charge in [-0.15, -0.1) is 0 Å². The third-order valence-corrected chi connectivity index (χ3v) is 4.62. The second kappa shape index (κ2) is 6.94. The summed E-state index contributed by atoms with van der Waals surface area (Å²) in [4.78, 5) is 37.2. The van der Waals surface area contributed by atoms with E-state index in [1.165, 1.54) is 25.2 Å². The monoisotopic (exact) mass is 396 g/mol. The maximum atomic E-state index is 12.3. The highest BCUT2D eigenvalue weighted by atomic mass is 35.5. The Morgan fingerprint density at radius 3 is 2.54 bits per heavy atom. The van der Waals surface area contributed by atoms with E-state index in [4.69, 9.17) is 20.9 Å². The van der Waals surface area contributed by atoms with E-state index in [1.807, 2.05) is 0 Å². The summed E-state index contributed by atoms with van der Waals surface area (Å²) in [5.41, 5.74) is 2.04.